The van der Waals surface area contributed by atoms with Gasteiger partial charge < -0.3 is 4.74 Å². The maximum Gasteiger partial charge on any atom is 0.369 e. The van der Waals surface area contributed by atoms with E-state index in [1.54, 1.807) is 36.5 Å². The average Bonchev–Trinajstić information content (AvgIpc) is 2.93. The Hall–Kier alpha value is -3.22. The number of aromatic nitrogens is 5. The highest BCUT2D eigenvalue weighted by molar-refractivity contribution is 5.56. The smallest absolute Gasteiger partial charge is 0.369 e. The molecule has 0 aliphatic heterocycles. The quantitative estimate of drug-likeness (QED) is 0.716. The highest BCUT2D eigenvalue weighted by atomic mass is 16.5. The van der Waals surface area contributed by atoms with Gasteiger partial charge in [-0.15, -0.1) is 4.68 Å². The molecule has 0 aliphatic carbocycles. The zero-order chi connectivity index (χ0) is 18.0. The molecule has 3 rings (SSSR count). The largest absolute Gasteiger partial charge is 0.488 e. The minimum atomic E-state index is -0.398. The number of para-hydroxylation sites is 1. The van der Waals surface area contributed by atoms with E-state index in [1.807, 2.05) is 6.92 Å². The van der Waals surface area contributed by atoms with Crippen molar-refractivity contribution in [3.8, 4) is 11.6 Å². The first-order chi connectivity index (χ1) is 12.0. The number of aryl methyl sites for hydroxylation is 2. The van der Waals surface area contributed by atoms with E-state index in [0.29, 0.717) is 23.2 Å². The lowest BCUT2D eigenvalue weighted by atomic mass is 10.1. The van der Waals surface area contributed by atoms with Crippen LogP contribution in [0.15, 0.2) is 47.9 Å². The summed E-state index contributed by atoms with van der Waals surface area (Å²) in [7, 11) is 1.52. The monoisotopic (exact) mass is 325 g/mol. The zero-order valence-electron chi connectivity index (χ0n) is 14.4. The number of tetrazole rings is 1. The normalized spacial score (nSPS) is 11.2. The predicted molar refractivity (Wildman–Crippen MR) is 90.0 cm³/mol. The number of nitrogens with zero attached hydrogens (tertiary/aromatic N) is 5. The molecule has 3 aromatic rings. The van der Waals surface area contributed by atoms with Crippen molar-refractivity contribution in [2.75, 3.05) is 0 Å². The van der Waals surface area contributed by atoms with Gasteiger partial charge in [-0.2, -0.15) is 4.68 Å². The molecule has 2 aromatic heterocycles. The first kappa shape index (κ1) is 14.4. The van der Waals surface area contributed by atoms with E-state index in [4.69, 9.17) is 6.11 Å². The molecular weight excluding hydrogens is 306 g/mol. The summed E-state index contributed by atoms with van der Waals surface area (Å²) < 4.78 is 15.8. The van der Waals surface area contributed by atoms with Gasteiger partial charge in [0.15, 0.2) is 5.82 Å². The van der Waals surface area contributed by atoms with Gasteiger partial charge in [0.1, 0.15) is 12.4 Å². The maximum atomic E-state index is 12.2. The molecule has 24 heavy (non-hydrogen) atoms. The van der Waals surface area contributed by atoms with Crippen molar-refractivity contribution in [3.63, 3.8) is 0 Å². The summed E-state index contributed by atoms with van der Waals surface area (Å²) >= 11 is 0. The third-order valence-corrected chi connectivity index (χ3v) is 3.60. The van der Waals surface area contributed by atoms with Gasteiger partial charge in [0.2, 0.25) is 0 Å². The van der Waals surface area contributed by atoms with Gasteiger partial charge in [0.05, 0.1) is 1.37 Å². The van der Waals surface area contributed by atoms with Gasteiger partial charge >= 0.3 is 5.69 Å². The van der Waals surface area contributed by atoms with E-state index < -0.39 is 5.69 Å². The second kappa shape index (κ2) is 6.49. The Morgan fingerprint density at radius 3 is 2.88 bits per heavy atom. The molecule has 122 valence electrons. The first-order valence-electron chi connectivity index (χ1n) is 7.81. The number of hydrogen-bond donors (Lipinski definition) is 0. The van der Waals surface area contributed by atoms with Crippen LogP contribution in [0.25, 0.3) is 11.9 Å². The van der Waals surface area contributed by atoms with Crippen molar-refractivity contribution in [2.24, 2.45) is 7.05 Å². The Morgan fingerprint density at radius 1 is 1.38 bits per heavy atom. The van der Waals surface area contributed by atoms with E-state index >= 15 is 0 Å². The molecule has 0 amide bonds. The summed E-state index contributed by atoms with van der Waals surface area (Å²) in [5, 5.41) is 7.57. The van der Waals surface area contributed by atoms with Crippen LogP contribution >= 0.6 is 0 Å². The highest BCUT2D eigenvalue weighted by Crippen LogP contribution is 2.22. The van der Waals surface area contributed by atoms with E-state index in [0.717, 1.165) is 20.5 Å². The Labute approximate surface area is 140 Å². The lowest BCUT2D eigenvalue weighted by Crippen LogP contribution is -2.24. The Morgan fingerprint density at radius 2 is 2.21 bits per heavy atom. The summed E-state index contributed by atoms with van der Waals surface area (Å²) in [6.45, 7) is 5.85. The molecule has 0 saturated heterocycles. The van der Waals surface area contributed by atoms with Crippen LogP contribution in [0, 0.1) is 6.92 Å². The molecule has 1 aromatic carbocycles. The van der Waals surface area contributed by atoms with E-state index in [2.05, 4.69) is 22.0 Å². The van der Waals surface area contributed by atoms with Gasteiger partial charge in [0, 0.05) is 18.8 Å². The van der Waals surface area contributed by atoms with E-state index in [-0.39, 0.29) is 6.61 Å². The fraction of sp³-hybridized carbons (Fsp3) is 0.176. The minimum Gasteiger partial charge on any atom is -0.488 e. The Balaban J connectivity index is 2.01. The van der Waals surface area contributed by atoms with Crippen LogP contribution in [0.3, 0.4) is 0 Å². The summed E-state index contributed by atoms with van der Waals surface area (Å²) in [4.78, 5) is 16.4. The molecular formula is C17H17N5O2. The summed E-state index contributed by atoms with van der Waals surface area (Å²) in [6.07, 6.45) is 3.25. The van der Waals surface area contributed by atoms with Crippen LogP contribution in [-0.2, 0) is 13.7 Å². The van der Waals surface area contributed by atoms with Gasteiger partial charge in [-0.25, -0.2) is 9.78 Å². The molecule has 0 saturated carbocycles. The van der Waals surface area contributed by atoms with Crippen molar-refractivity contribution in [3.05, 3.63) is 70.3 Å². The van der Waals surface area contributed by atoms with Gasteiger partial charge in [-0.05, 0) is 40.6 Å². The average molecular weight is 325 g/mol. The van der Waals surface area contributed by atoms with Crippen molar-refractivity contribution < 1.29 is 6.11 Å². The lowest BCUT2D eigenvalue weighted by molar-refractivity contribution is 0.302. The third-order valence-electron chi connectivity index (χ3n) is 3.60. The van der Waals surface area contributed by atoms with Crippen molar-refractivity contribution in [2.45, 2.75) is 13.5 Å². The van der Waals surface area contributed by atoms with Crippen molar-refractivity contribution >= 4 is 6.08 Å². The molecule has 7 heteroatoms. The first-order valence-corrected chi connectivity index (χ1v) is 7.31. The lowest BCUT2D eigenvalue weighted by Gasteiger charge is -2.13. The summed E-state index contributed by atoms with van der Waals surface area (Å²) in [5.41, 5.74) is 1.92. The fourth-order valence-electron chi connectivity index (χ4n) is 2.28. The van der Waals surface area contributed by atoms with Crippen molar-refractivity contribution in [1.82, 2.24) is 24.8 Å². The fourth-order valence-corrected chi connectivity index (χ4v) is 2.28. The maximum absolute atomic E-state index is 12.2. The van der Waals surface area contributed by atoms with Crippen molar-refractivity contribution in [1.29, 1.82) is 0 Å². The number of hydrogen-bond acceptors (Lipinski definition) is 5. The molecule has 7 nitrogen and oxygen atoms in total. The van der Waals surface area contributed by atoms with E-state index in [9.17, 15) is 4.79 Å². The van der Waals surface area contributed by atoms with Crippen LogP contribution in [0.2, 0.25) is 0 Å². The SMILES string of the molecule is [3H]c1ccc(OCc2c(C=C)ccnc2-n2nnn(C)c2=O)c(C)c1. The van der Waals surface area contributed by atoms with Crippen LogP contribution in [0.5, 0.6) is 5.75 Å². The molecule has 0 unspecified atom stereocenters. The Bertz CT molecular complexity index is 993. The third kappa shape index (κ3) is 2.83. The number of benzene rings is 1. The molecule has 0 spiro atoms. The van der Waals surface area contributed by atoms with Gasteiger partial charge in [-0.1, -0.05) is 30.8 Å². The number of rotatable bonds is 5. The van der Waals surface area contributed by atoms with Crippen LogP contribution in [-0.4, -0.2) is 24.8 Å². The second-order valence-electron chi connectivity index (χ2n) is 5.18. The van der Waals surface area contributed by atoms with Crippen LogP contribution in [0.1, 0.15) is 18.1 Å². The van der Waals surface area contributed by atoms with E-state index in [1.165, 1.54) is 7.05 Å². The summed E-state index contributed by atoms with van der Waals surface area (Å²) in [5.74, 6) is 1.01. The minimum absolute atomic E-state index is 0.172. The summed E-state index contributed by atoms with van der Waals surface area (Å²) in [6, 6.07) is 7.34. The van der Waals surface area contributed by atoms with Gasteiger partial charge in [0.25, 0.3) is 0 Å². The predicted octanol–water partition coefficient (Wildman–Crippen LogP) is 1.89. The molecule has 0 atom stereocenters. The molecule has 0 radical (unpaired) electrons. The number of pyridine rings is 1. The van der Waals surface area contributed by atoms with Crippen LogP contribution < -0.4 is 10.4 Å². The Kier molecular flexibility index (Phi) is 3.89. The van der Waals surface area contributed by atoms with Gasteiger partial charge in [-0.3, -0.25) is 0 Å². The topological polar surface area (TPSA) is 74.8 Å². The molecule has 0 bridgehead atoms. The zero-order valence-corrected chi connectivity index (χ0v) is 13.4. The second-order valence-corrected chi connectivity index (χ2v) is 5.18. The number of ether oxygens (including phenoxy) is 1. The molecule has 0 fully saturated rings. The van der Waals surface area contributed by atoms with Crippen LogP contribution in [0.4, 0.5) is 0 Å². The standard InChI is InChI=1S/C17H17N5O2/c1-4-13-9-10-18-16(22-17(23)21(3)19-20-22)14(13)11-24-15-8-6-5-7-12(15)2/h4-10H,1,11H2,2-3H3/i5T. The molecule has 2 heterocycles. The molecule has 0 N–H and O–H groups in total. The molecule has 0 aliphatic rings. The highest BCUT2D eigenvalue weighted by Gasteiger charge is 2.16.